The molecule has 5 heteroatoms. The second-order valence-corrected chi connectivity index (χ2v) is 7.91. The van der Waals surface area contributed by atoms with E-state index >= 15 is 0 Å². The number of methoxy groups -OCH3 is 1. The van der Waals surface area contributed by atoms with Crippen LogP contribution in [0.15, 0.2) is 90.7 Å². The number of fused-ring (bicyclic) bond motifs is 1. The van der Waals surface area contributed by atoms with Crippen LogP contribution in [0.1, 0.15) is 34.0 Å². The Hall–Kier alpha value is -3.59. The van der Waals surface area contributed by atoms with Crippen molar-refractivity contribution >= 4 is 29.4 Å². The summed E-state index contributed by atoms with van der Waals surface area (Å²) in [5, 5.41) is 0.614. The number of Topliss-reactive ketones (excluding diaryl/α,β-unsaturated/α-hetero) is 1. The summed E-state index contributed by atoms with van der Waals surface area (Å²) in [7, 11) is 1.28. The first-order chi connectivity index (χ1) is 15.6. The van der Waals surface area contributed by atoms with E-state index in [1.165, 1.54) is 7.11 Å². The summed E-state index contributed by atoms with van der Waals surface area (Å²) in [5.41, 5.74) is 3.42. The molecular weight excluding hydrogens is 424 g/mol. The average molecular weight is 445 g/mol. The maximum Gasteiger partial charge on any atom is 0.324 e. The molecule has 160 valence electrons. The standard InChI is InChI=1S/C27H21ClO4/c1-31-26(30)27(17-8-7-10-19-11-9-14-21(28)18-19)24(29)22-15-5-6-16-23(22)32-25(27)20-12-3-2-4-13-20/h2-6,8-16,18,25H,17H2,1H3. The average Bonchev–Trinajstić information content (AvgIpc) is 2.83. The third-order valence-electron chi connectivity index (χ3n) is 5.52. The Morgan fingerprint density at radius 3 is 2.59 bits per heavy atom. The Labute approximate surface area is 191 Å². The third-order valence-corrected chi connectivity index (χ3v) is 5.76. The van der Waals surface area contributed by atoms with E-state index < -0.39 is 17.5 Å². The molecule has 1 aliphatic rings. The summed E-state index contributed by atoms with van der Waals surface area (Å²) >= 11 is 6.04. The van der Waals surface area contributed by atoms with Gasteiger partial charge < -0.3 is 9.47 Å². The zero-order valence-corrected chi connectivity index (χ0v) is 18.2. The van der Waals surface area contributed by atoms with Crippen molar-refractivity contribution in [3.8, 4) is 5.75 Å². The minimum absolute atomic E-state index is 0.0590. The monoisotopic (exact) mass is 444 g/mol. The molecule has 2 atom stereocenters. The van der Waals surface area contributed by atoms with Crippen LogP contribution in [-0.4, -0.2) is 18.9 Å². The van der Waals surface area contributed by atoms with E-state index in [1.807, 2.05) is 42.5 Å². The van der Waals surface area contributed by atoms with Crippen LogP contribution < -0.4 is 4.74 Å². The first kappa shape index (κ1) is 21.6. The summed E-state index contributed by atoms with van der Waals surface area (Å²) < 4.78 is 11.4. The molecule has 0 saturated carbocycles. The Morgan fingerprint density at radius 1 is 1.09 bits per heavy atom. The molecule has 0 bridgehead atoms. The lowest BCUT2D eigenvalue weighted by Gasteiger charge is -2.40. The molecular formula is C27H21ClO4. The second-order valence-electron chi connectivity index (χ2n) is 7.47. The molecule has 3 aromatic rings. The smallest absolute Gasteiger partial charge is 0.324 e. The molecule has 3 aromatic carbocycles. The number of allylic oxidation sites excluding steroid dienone is 1. The van der Waals surface area contributed by atoms with Gasteiger partial charge in [-0.15, -0.1) is 5.73 Å². The number of halogens is 1. The highest BCUT2D eigenvalue weighted by Crippen LogP contribution is 2.49. The largest absolute Gasteiger partial charge is 0.483 e. The highest BCUT2D eigenvalue weighted by molar-refractivity contribution is 6.30. The predicted molar refractivity (Wildman–Crippen MR) is 124 cm³/mol. The van der Waals surface area contributed by atoms with Crippen LogP contribution in [0.5, 0.6) is 5.75 Å². The van der Waals surface area contributed by atoms with Crippen LogP contribution >= 0.6 is 11.6 Å². The lowest BCUT2D eigenvalue weighted by molar-refractivity contribution is -0.155. The van der Waals surface area contributed by atoms with Gasteiger partial charge in [-0.2, -0.15) is 0 Å². The fourth-order valence-electron chi connectivity index (χ4n) is 3.96. The SMILES string of the molecule is COC(=O)C1(CC=C=Cc2cccc(Cl)c2)C(=O)c2ccccc2OC1c1ccccc1. The lowest BCUT2D eigenvalue weighted by atomic mass is 9.69. The summed E-state index contributed by atoms with van der Waals surface area (Å²) in [6.45, 7) is 0. The van der Waals surface area contributed by atoms with Gasteiger partial charge in [0.1, 0.15) is 11.9 Å². The molecule has 1 aliphatic heterocycles. The topological polar surface area (TPSA) is 52.6 Å². The molecule has 0 fully saturated rings. The van der Waals surface area contributed by atoms with Gasteiger partial charge in [-0.1, -0.05) is 66.2 Å². The number of ether oxygens (including phenoxy) is 2. The van der Waals surface area contributed by atoms with Gasteiger partial charge in [0.25, 0.3) is 0 Å². The lowest BCUT2D eigenvalue weighted by Crippen LogP contribution is -2.49. The van der Waals surface area contributed by atoms with Gasteiger partial charge >= 0.3 is 5.97 Å². The van der Waals surface area contributed by atoms with Gasteiger partial charge in [0.2, 0.25) is 0 Å². The number of ketones is 1. The highest BCUT2D eigenvalue weighted by Gasteiger charge is 2.57. The number of carbonyl (C=O) groups excluding carboxylic acids is 2. The van der Waals surface area contributed by atoms with Crippen molar-refractivity contribution in [1.82, 2.24) is 0 Å². The van der Waals surface area contributed by atoms with Crippen molar-refractivity contribution in [3.63, 3.8) is 0 Å². The zero-order valence-electron chi connectivity index (χ0n) is 17.5. The van der Waals surface area contributed by atoms with E-state index in [9.17, 15) is 9.59 Å². The maximum atomic E-state index is 13.8. The molecule has 0 amide bonds. The molecule has 0 aliphatic carbocycles. The predicted octanol–water partition coefficient (Wildman–Crippen LogP) is 6.07. The number of hydrogen-bond acceptors (Lipinski definition) is 4. The van der Waals surface area contributed by atoms with Crippen LogP contribution in [0.4, 0.5) is 0 Å². The molecule has 0 radical (unpaired) electrons. The molecule has 0 N–H and O–H groups in total. The van der Waals surface area contributed by atoms with Crippen LogP contribution in [0.3, 0.4) is 0 Å². The number of rotatable bonds is 5. The van der Waals surface area contributed by atoms with E-state index in [0.29, 0.717) is 21.9 Å². The van der Waals surface area contributed by atoms with Crippen molar-refractivity contribution in [2.24, 2.45) is 5.41 Å². The Kier molecular flexibility index (Phi) is 6.27. The number of hydrogen-bond donors (Lipinski definition) is 0. The number of esters is 1. The number of para-hydroxylation sites is 1. The fraction of sp³-hybridized carbons (Fsp3) is 0.148. The Balaban J connectivity index is 1.81. The first-order valence-electron chi connectivity index (χ1n) is 10.2. The molecule has 0 aromatic heterocycles. The summed E-state index contributed by atoms with van der Waals surface area (Å²) in [6, 6.07) is 23.5. The van der Waals surface area contributed by atoms with Crippen molar-refractivity contribution < 1.29 is 19.1 Å². The van der Waals surface area contributed by atoms with E-state index in [-0.39, 0.29) is 12.2 Å². The van der Waals surface area contributed by atoms with E-state index in [4.69, 9.17) is 21.1 Å². The van der Waals surface area contributed by atoms with Crippen LogP contribution in [0.2, 0.25) is 5.02 Å². The van der Waals surface area contributed by atoms with Gasteiger partial charge in [0, 0.05) is 11.4 Å². The van der Waals surface area contributed by atoms with Gasteiger partial charge in [0.15, 0.2) is 11.2 Å². The molecule has 0 spiro atoms. The van der Waals surface area contributed by atoms with E-state index in [1.54, 1.807) is 48.6 Å². The Bertz CT molecular complexity index is 1210. The fourth-order valence-corrected chi connectivity index (χ4v) is 4.16. The first-order valence-corrected chi connectivity index (χ1v) is 10.5. The quantitative estimate of drug-likeness (QED) is 0.272. The molecule has 1 heterocycles. The molecule has 32 heavy (non-hydrogen) atoms. The van der Waals surface area contributed by atoms with Crippen molar-refractivity contribution in [2.45, 2.75) is 12.5 Å². The second kappa shape index (κ2) is 9.27. The number of benzene rings is 3. The van der Waals surface area contributed by atoms with Crippen LogP contribution in [0.25, 0.3) is 6.08 Å². The third kappa shape index (κ3) is 3.99. The van der Waals surface area contributed by atoms with E-state index in [2.05, 4.69) is 5.73 Å². The summed E-state index contributed by atoms with van der Waals surface area (Å²) in [5.74, 6) is -0.531. The zero-order chi connectivity index (χ0) is 22.6. The Morgan fingerprint density at radius 2 is 1.84 bits per heavy atom. The van der Waals surface area contributed by atoms with Crippen molar-refractivity contribution in [1.29, 1.82) is 0 Å². The van der Waals surface area contributed by atoms with Crippen molar-refractivity contribution in [3.05, 3.63) is 112 Å². The maximum absolute atomic E-state index is 13.8. The van der Waals surface area contributed by atoms with E-state index in [0.717, 1.165) is 5.56 Å². The molecule has 2 unspecified atom stereocenters. The molecule has 0 saturated heterocycles. The van der Waals surface area contributed by atoms with Crippen LogP contribution in [-0.2, 0) is 9.53 Å². The molecule has 4 rings (SSSR count). The number of carbonyl (C=O) groups is 2. The van der Waals surface area contributed by atoms with Gasteiger partial charge in [-0.05, 0) is 47.5 Å². The van der Waals surface area contributed by atoms with Gasteiger partial charge in [-0.25, -0.2) is 0 Å². The highest BCUT2D eigenvalue weighted by atomic mass is 35.5. The normalized spacial score (nSPS) is 19.2. The molecule has 4 nitrogen and oxygen atoms in total. The van der Waals surface area contributed by atoms with Gasteiger partial charge in [-0.3, -0.25) is 9.59 Å². The summed E-state index contributed by atoms with van der Waals surface area (Å²) in [6.07, 6.45) is 2.63. The minimum atomic E-state index is -1.58. The minimum Gasteiger partial charge on any atom is -0.483 e. The van der Waals surface area contributed by atoms with Gasteiger partial charge in [0.05, 0.1) is 12.7 Å². The van der Waals surface area contributed by atoms with Crippen LogP contribution in [0, 0.1) is 5.41 Å². The summed E-state index contributed by atoms with van der Waals surface area (Å²) in [4.78, 5) is 27.0. The van der Waals surface area contributed by atoms with Crippen molar-refractivity contribution in [2.75, 3.05) is 7.11 Å².